The molecule has 0 fully saturated rings. The van der Waals surface area contributed by atoms with Crippen LogP contribution in [0.4, 0.5) is 0 Å². The molecule has 0 saturated carbocycles. The molecule has 0 radical (unpaired) electrons. The third-order valence-corrected chi connectivity index (χ3v) is 13.2. The van der Waals surface area contributed by atoms with Crippen LogP contribution >= 0.6 is 0 Å². The second-order valence-electron chi connectivity index (χ2n) is 18.5. The number of rotatable bonds is 45. The summed E-state index contributed by atoms with van der Waals surface area (Å²) in [6.07, 6.45) is 60.5. The Labute approximate surface area is 349 Å². The van der Waals surface area contributed by atoms with Crippen molar-refractivity contribution in [1.82, 2.24) is 0 Å². The molecule has 0 aromatic carbocycles. The molecular formula is C53H105N2+. The summed E-state index contributed by atoms with van der Waals surface area (Å²) in [4.78, 5) is 5.85. The third kappa shape index (κ3) is 27.6. The van der Waals surface area contributed by atoms with Gasteiger partial charge in [0.05, 0.1) is 13.1 Å². The van der Waals surface area contributed by atoms with Gasteiger partial charge in [-0.15, -0.1) is 0 Å². The Hall–Kier alpha value is -0.630. The normalized spacial score (nSPS) is 14.1. The topological polar surface area (TPSA) is 12.4 Å². The minimum Gasteiger partial charge on any atom is -0.248 e. The molecule has 1 aliphatic heterocycles. The lowest BCUT2D eigenvalue weighted by Crippen LogP contribution is -2.51. The van der Waals surface area contributed by atoms with Crippen LogP contribution in [0.2, 0.25) is 0 Å². The van der Waals surface area contributed by atoms with Crippen molar-refractivity contribution in [3.05, 3.63) is 11.4 Å². The number of hydrogen-bond acceptors (Lipinski definition) is 1. The van der Waals surface area contributed by atoms with Crippen molar-refractivity contribution in [3.8, 4) is 0 Å². The molecule has 1 rings (SSSR count). The number of aliphatic imine (C=N–C) groups is 1. The summed E-state index contributed by atoms with van der Waals surface area (Å²) in [7, 11) is 0. The first-order valence-electron chi connectivity index (χ1n) is 26.4. The van der Waals surface area contributed by atoms with E-state index in [9.17, 15) is 0 Å². The summed E-state index contributed by atoms with van der Waals surface area (Å²) in [5.74, 6) is 1.63. The van der Waals surface area contributed by atoms with Crippen LogP contribution in [0.5, 0.6) is 0 Å². The highest BCUT2D eigenvalue weighted by Crippen LogP contribution is 2.39. The fourth-order valence-corrected chi connectivity index (χ4v) is 9.49. The molecule has 0 aromatic rings. The molecule has 0 N–H and O–H groups in total. The fourth-order valence-electron chi connectivity index (χ4n) is 9.49. The van der Waals surface area contributed by atoms with Crippen molar-refractivity contribution in [2.45, 2.75) is 311 Å². The number of quaternary nitrogens is 1. The lowest BCUT2D eigenvalue weighted by atomic mass is 10.00. The first kappa shape index (κ1) is 52.4. The SMILES string of the molecule is CCCCCCCCCCC1=NC(CCCCCCCCCC)=C(CCCCCCCCCC)[N+]1(CCCCCCCCCC)CCCCCCCCCC. The molecular weight excluding hydrogens is 665 g/mol. The van der Waals surface area contributed by atoms with E-state index < -0.39 is 0 Å². The molecule has 0 atom stereocenters. The number of allylic oxidation sites excluding steroid dienone is 2. The molecule has 0 bridgehead atoms. The van der Waals surface area contributed by atoms with Crippen LogP contribution in [-0.2, 0) is 0 Å². The first-order valence-corrected chi connectivity index (χ1v) is 26.4. The Bertz CT molecular complexity index is 834. The minimum atomic E-state index is 1.21. The van der Waals surface area contributed by atoms with Crippen LogP contribution in [-0.4, -0.2) is 23.4 Å². The zero-order chi connectivity index (χ0) is 39.8. The fraction of sp³-hybridized carbons (Fsp3) is 0.943. The van der Waals surface area contributed by atoms with Crippen LogP contribution in [0.1, 0.15) is 311 Å². The lowest BCUT2D eigenvalue weighted by molar-refractivity contribution is -0.804. The molecule has 55 heavy (non-hydrogen) atoms. The van der Waals surface area contributed by atoms with Crippen LogP contribution in [0.25, 0.3) is 0 Å². The van der Waals surface area contributed by atoms with Gasteiger partial charge in [-0.3, -0.25) is 0 Å². The summed E-state index contributed by atoms with van der Waals surface area (Å²) >= 11 is 0. The third-order valence-electron chi connectivity index (χ3n) is 13.2. The van der Waals surface area contributed by atoms with Gasteiger partial charge in [0.2, 0.25) is 5.84 Å². The number of hydrogen-bond donors (Lipinski definition) is 0. The quantitative estimate of drug-likeness (QED) is 0.0432. The maximum absolute atomic E-state index is 5.85. The molecule has 0 spiro atoms. The second-order valence-corrected chi connectivity index (χ2v) is 18.5. The summed E-state index contributed by atoms with van der Waals surface area (Å²) in [5, 5.41) is 0. The predicted octanol–water partition coefficient (Wildman–Crippen LogP) is 19.3. The summed E-state index contributed by atoms with van der Waals surface area (Å²) < 4.78 is 1.21. The summed E-state index contributed by atoms with van der Waals surface area (Å²) in [6.45, 7) is 14.4. The van der Waals surface area contributed by atoms with Gasteiger partial charge >= 0.3 is 0 Å². The summed E-state index contributed by atoms with van der Waals surface area (Å²) in [6, 6.07) is 0. The summed E-state index contributed by atoms with van der Waals surface area (Å²) in [5.41, 5.74) is 3.41. The van der Waals surface area contributed by atoms with Gasteiger partial charge in [-0.1, -0.05) is 247 Å². The Morgan fingerprint density at radius 2 is 0.527 bits per heavy atom. The zero-order valence-corrected chi connectivity index (χ0v) is 39.2. The van der Waals surface area contributed by atoms with Crippen molar-refractivity contribution < 1.29 is 4.48 Å². The van der Waals surface area contributed by atoms with Crippen LogP contribution < -0.4 is 0 Å². The van der Waals surface area contributed by atoms with Crippen molar-refractivity contribution in [2.75, 3.05) is 13.1 Å². The highest BCUT2D eigenvalue weighted by molar-refractivity contribution is 5.80. The molecule has 0 amide bonds. The molecule has 0 saturated heterocycles. The Kier molecular flexibility index (Phi) is 38.3. The van der Waals surface area contributed by atoms with Crippen molar-refractivity contribution in [2.24, 2.45) is 4.99 Å². The molecule has 1 aliphatic rings. The van der Waals surface area contributed by atoms with E-state index in [1.165, 1.54) is 294 Å². The van der Waals surface area contributed by atoms with Gasteiger partial charge in [0, 0.05) is 12.8 Å². The van der Waals surface area contributed by atoms with Gasteiger partial charge in [0.1, 0.15) is 11.4 Å². The van der Waals surface area contributed by atoms with Gasteiger partial charge in [-0.2, -0.15) is 4.99 Å². The number of amidine groups is 1. The van der Waals surface area contributed by atoms with Gasteiger partial charge in [0.25, 0.3) is 0 Å². The van der Waals surface area contributed by atoms with E-state index in [1.54, 1.807) is 11.5 Å². The van der Waals surface area contributed by atoms with Crippen LogP contribution in [0, 0.1) is 0 Å². The van der Waals surface area contributed by atoms with E-state index in [0.717, 1.165) is 0 Å². The Morgan fingerprint density at radius 1 is 0.273 bits per heavy atom. The van der Waals surface area contributed by atoms with Crippen LogP contribution in [0.3, 0.4) is 0 Å². The monoisotopic (exact) mass is 770 g/mol. The number of nitrogens with zero attached hydrogens (tertiary/aromatic N) is 2. The second kappa shape index (κ2) is 40.2. The van der Waals surface area contributed by atoms with E-state index in [0.29, 0.717) is 0 Å². The zero-order valence-electron chi connectivity index (χ0n) is 39.2. The van der Waals surface area contributed by atoms with Crippen LogP contribution in [0.15, 0.2) is 16.4 Å². The van der Waals surface area contributed by atoms with Crippen molar-refractivity contribution in [1.29, 1.82) is 0 Å². The molecule has 0 unspecified atom stereocenters. The van der Waals surface area contributed by atoms with E-state index in [4.69, 9.17) is 4.99 Å². The molecule has 326 valence electrons. The Balaban J connectivity index is 3.19. The van der Waals surface area contributed by atoms with Gasteiger partial charge in [-0.25, -0.2) is 4.48 Å². The lowest BCUT2D eigenvalue weighted by Gasteiger charge is -2.38. The highest BCUT2D eigenvalue weighted by atomic mass is 15.4. The van der Waals surface area contributed by atoms with Crippen molar-refractivity contribution >= 4 is 5.84 Å². The van der Waals surface area contributed by atoms with Crippen molar-refractivity contribution in [3.63, 3.8) is 0 Å². The minimum absolute atomic E-state index is 1.21. The average molecular weight is 770 g/mol. The maximum Gasteiger partial charge on any atom is 0.208 e. The van der Waals surface area contributed by atoms with Gasteiger partial charge < -0.3 is 0 Å². The highest BCUT2D eigenvalue weighted by Gasteiger charge is 2.43. The van der Waals surface area contributed by atoms with E-state index in [2.05, 4.69) is 34.6 Å². The largest absolute Gasteiger partial charge is 0.248 e. The molecule has 0 aromatic heterocycles. The maximum atomic E-state index is 5.85. The predicted molar refractivity (Wildman–Crippen MR) is 251 cm³/mol. The smallest absolute Gasteiger partial charge is 0.208 e. The molecule has 2 nitrogen and oxygen atoms in total. The Morgan fingerprint density at radius 3 is 0.855 bits per heavy atom. The molecule has 0 aliphatic carbocycles. The van der Waals surface area contributed by atoms with E-state index in [1.807, 2.05) is 5.70 Å². The van der Waals surface area contributed by atoms with E-state index >= 15 is 0 Å². The molecule has 1 heterocycles. The molecule has 2 heteroatoms. The first-order chi connectivity index (χ1) is 27.2. The van der Waals surface area contributed by atoms with Gasteiger partial charge in [0.15, 0.2) is 0 Å². The van der Waals surface area contributed by atoms with Gasteiger partial charge in [-0.05, 0) is 51.4 Å². The average Bonchev–Trinajstić information content (AvgIpc) is 3.47. The van der Waals surface area contributed by atoms with E-state index in [-0.39, 0.29) is 0 Å². The number of unbranched alkanes of at least 4 members (excludes halogenated alkanes) is 35. The standard InChI is InChI=1S/C53H105N2/c1-6-11-16-21-26-31-36-41-46-51-52(47-42-37-32-27-22-17-12-7-2)55(49-44-39-34-29-24-19-14-9-4,50-45-40-35-30-25-20-15-10-5)53(54-51)48-43-38-33-28-23-18-13-8-3/h6-50H2,1-5H3/q+1.